The molecule has 1 fully saturated rings. The van der Waals surface area contributed by atoms with Crippen LogP contribution in [0, 0.1) is 0 Å². The van der Waals surface area contributed by atoms with Crippen LogP contribution in [0.25, 0.3) is 0 Å². The topological polar surface area (TPSA) is 63.0 Å². The molecule has 0 bridgehead atoms. The van der Waals surface area contributed by atoms with Crippen molar-refractivity contribution < 1.29 is 5.11 Å². The van der Waals surface area contributed by atoms with Crippen molar-refractivity contribution in [2.75, 3.05) is 13.1 Å². The average Bonchev–Trinajstić information content (AvgIpc) is 2.77. The molecule has 5 heteroatoms. The Bertz CT molecular complexity index is 358. The van der Waals surface area contributed by atoms with Crippen LogP contribution in [0.1, 0.15) is 44.7 Å². The maximum atomic E-state index is 10.4. The van der Waals surface area contributed by atoms with E-state index in [0.717, 1.165) is 38.0 Å². The minimum Gasteiger partial charge on any atom is -0.388 e. The summed E-state index contributed by atoms with van der Waals surface area (Å²) in [6, 6.07) is 0. The monoisotopic (exact) mass is 252 g/mol. The molecule has 0 amide bonds. The Labute approximate surface area is 109 Å². The molecule has 5 nitrogen and oxygen atoms in total. The lowest BCUT2D eigenvalue weighted by molar-refractivity contribution is -0.00864. The van der Waals surface area contributed by atoms with Crippen LogP contribution in [0.5, 0.6) is 0 Å². The van der Waals surface area contributed by atoms with Crippen LogP contribution in [0.3, 0.4) is 0 Å². The van der Waals surface area contributed by atoms with E-state index < -0.39 is 5.60 Å². The first-order valence-corrected chi connectivity index (χ1v) is 7.04. The third-order valence-corrected chi connectivity index (χ3v) is 3.61. The van der Waals surface area contributed by atoms with Gasteiger partial charge in [-0.25, -0.2) is 4.68 Å². The maximum absolute atomic E-state index is 10.4. The minimum atomic E-state index is -0.611. The number of nitrogens with one attached hydrogen (secondary N) is 1. The van der Waals surface area contributed by atoms with Crippen molar-refractivity contribution in [1.82, 2.24) is 20.3 Å². The van der Waals surface area contributed by atoms with Gasteiger partial charge in [0.2, 0.25) is 0 Å². The first-order valence-electron chi connectivity index (χ1n) is 7.04. The maximum Gasteiger partial charge on any atom is 0.0867 e. The lowest BCUT2D eigenvalue weighted by Gasteiger charge is -2.32. The standard InChI is InChI=1S/C13H24N4O/c1-2-3-4-5-12-10-17(16-15-12)11-13(18)6-8-14-9-7-13/h10,14,18H,2-9,11H2,1H3. The molecule has 1 saturated heterocycles. The van der Waals surface area contributed by atoms with Gasteiger partial charge in [-0.3, -0.25) is 0 Å². The van der Waals surface area contributed by atoms with Gasteiger partial charge in [-0.2, -0.15) is 0 Å². The van der Waals surface area contributed by atoms with Crippen LogP contribution in [0.4, 0.5) is 0 Å². The zero-order chi connectivity index (χ0) is 12.8. The van der Waals surface area contributed by atoms with Crippen LogP contribution in [-0.2, 0) is 13.0 Å². The molecule has 0 atom stereocenters. The second-order valence-electron chi connectivity index (χ2n) is 5.34. The molecule has 1 aliphatic heterocycles. The first kappa shape index (κ1) is 13.5. The molecule has 1 aliphatic rings. The Morgan fingerprint density at radius 3 is 2.89 bits per heavy atom. The largest absolute Gasteiger partial charge is 0.388 e. The molecule has 0 radical (unpaired) electrons. The number of aliphatic hydroxyl groups is 1. The zero-order valence-corrected chi connectivity index (χ0v) is 11.2. The van der Waals surface area contributed by atoms with Crippen molar-refractivity contribution in [1.29, 1.82) is 0 Å². The van der Waals surface area contributed by atoms with Crippen molar-refractivity contribution in [2.24, 2.45) is 0 Å². The molecule has 0 spiro atoms. The average molecular weight is 252 g/mol. The summed E-state index contributed by atoms with van der Waals surface area (Å²) in [5.41, 5.74) is 0.431. The van der Waals surface area contributed by atoms with Gasteiger partial charge < -0.3 is 10.4 Å². The van der Waals surface area contributed by atoms with Crippen LogP contribution in [0.2, 0.25) is 0 Å². The summed E-state index contributed by atoms with van der Waals surface area (Å²) in [4.78, 5) is 0. The molecule has 1 aromatic rings. The lowest BCUT2D eigenvalue weighted by atomic mass is 9.92. The molecule has 0 unspecified atom stereocenters. The van der Waals surface area contributed by atoms with Crippen molar-refractivity contribution in [3.63, 3.8) is 0 Å². The van der Waals surface area contributed by atoms with E-state index in [1.165, 1.54) is 19.3 Å². The van der Waals surface area contributed by atoms with Crippen LogP contribution >= 0.6 is 0 Å². The van der Waals surface area contributed by atoms with E-state index >= 15 is 0 Å². The molecule has 2 N–H and O–H groups in total. The van der Waals surface area contributed by atoms with Gasteiger partial charge >= 0.3 is 0 Å². The third kappa shape index (κ3) is 3.78. The highest BCUT2D eigenvalue weighted by molar-refractivity contribution is 4.94. The summed E-state index contributed by atoms with van der Waals surface area (Å²) < 4.78 is 1.80. The van der Waals surface area contributed by atoms with E-state index in [1.807, 2.05) is 6.20 Å². The van der Waals surface area contributed by atoms with Crippen LogP contribution in [0.15, 0.2) is 6.20 Å². The highest BCUT2D eigenvalue weighted by atomic mass is 16.3. The van der Waals surface area contributed by atoms with Gasteiger partial charge in [-0.1, -0.05) is 25.0 Å². The number of rotatable bonds is 6. The summed E-state index contributed by atoms with van der Waals surface area (Å²) in [5.74, 6) is 0. The van der Waals surface area contributed by atoms with Gasteiger partial charge in [-0.05, 0) is 38.8 Å². The molecule has 2 rings (SSSR count). The Balaban J connectivity index is 1.85. The predicted molar refractivity (Wildman–Crippen MR) is 70.3 cm³/mol. The minimum absolute atomic E-state index is 0.565. The van der Waals surface area contributed by atoms with Crippen molar-refractivity contribution in [3.8, 4) is 0 Å². The molecule has 18 heavy (non-hydrogen) atoms. The Hall–Kier alpha value is -0.940. The van der Waals surface area contributed by atoms with Gasteiger partial charge in [-0.15, -0.1) is 5.10 Å². The van der Waals surface area contributed by atoms with Crippen molar-refractivity contribution in [3.05, 3.63) is 11.9 Å². The van der Waals surface area contributed by atoms with E-state index in [4.69, 9.17) is 0 Å². The number of nitrogens with zero attached hydrogens (tertiary/aromatic N) is 3. The van der Waals surface area contributed by atoms with Crippen molar-refractivity contribution >= 4 is 0 Å². The van der Waals surface area contributed by atoms with Gasteiger partial charge in [0.05, 0.1) is 17.8 Å². The van der Waals surface area contributed by atoms with Gasteiger partial charge in [0.15, 0.2) is 0 Å². The molecular formula is C13H24N4O. The molecule has 2 heterocycles. The predicted octanol–water partition coefficient (Wildman–Crippen LogP) is 1.13. The van der Waals surface area contributed by atoms with Crippen molar-refractivity contribution in [2.45, 2.75) is 57.6 Å². The number of hydrogen-bond acceptors (Lipinski definition) is 4. The second-order valence-corrected chi connectivity index (χ2v) is 5.34. The number of unbranched alkanes of at least 4 members (excludes halogenated alkanes) is 2. The number of piperidine rings is 1. The highest BCUT2D eigenvalue weighted by Gasteiger charge is 2.29. The quantitative estimate of drug-likeness (QED) is 0.745. The highest BCUT2D eigenvalue weighted by Crippen LogP contribution is 2.20. The molecular weight excluding hydrogens is 228 g/mol. The van der Waals surface area contributed by atoms with Crippen LogP contribution < -0.4 is 5.32 Å². The van der Waals surface area contributed by atoms with Crippen LogP contribution in [-0.4, -0.2) is 38.8 Å². The van der Waals surface area contributed by atoms with E-state index in [1.54, 1.807) is 4.68 Å². The molecule has 0 saturated carbocycles. The van der Waals surface area contributed by atoms with Gasteiger partial charge in [0, 0.05) is 6.20 Å². The summed E-state index contributed by atoms with van der Waals surface area (Å²) in [5, 5.41) is 22.0. The van der Waals surface area contributed by atoms with Gasteiger partial charge in [0.25, 0.3) is 0 Å². The van der Waals surface area contributed by atoms with E-state index in [-0.39, 0.29) is 0 Å². The summed E-state index contributed by atoms with van der Waals surface area (Å²) >= 11 is 0. The fourth-order valence-corrected chi connectivity index (χ4v) is 2.44. The fraction of sp³-hybridized carbons (Fsp3) is 0.846. The lowest BCUT2D eigenvalue weighted by Crippen LogP contribution is -2.44. The Morgan fingerprint density at radius 1 is 1.39 bits per heavy atom. The van der Waals surface area contributed by atoms with E-state index in [9.17, 15) is 5.11 Å². The smallest absolute Gasteiger partial charge is 0.0867 e. The fourth-order valence-electron chi connectivity index (χ4n) is 2.44. The van der Waals surface area contributed by atoms with Gasteiger partial charge in [0.1, 0.15) is 0 Å². The summed E-state index contributed by atoms with van der Waals surface area (Å²) in [6.45, 7) is 4.53. The molecule has 0 aliphatic carbocycles. The number of aryl methyl sites for hydroxylation is 1. The summed E-state index contributed by atoms with van der Waals surface area (Å²) in [7, 11) is 0. The molecule has 0 aromatic carbocycles. The Kier molecular flexibility index (Phi) is 4.72. The SMILES string of the molecule is CCCCCc1cn(CC2(O)CCNCC2)nn1. The zero-order valence-electron chi connectivity index (χ0n) is 11.2. The molecule has 102 valence electrons. The normalized spacial score (nSPS) is 19.0. The van der Waals surface area contributed by atoms with E-state index in [0.29, 0.717) is 6.54 Å². The van der Waals surface area contributed by atoms with E-state index in [2.05, 4.69) is 22.6 Å². The summed E-state index contributed by atoms with van der Waals surface area (Å²) in [6.07, 6.45) is 8.19. The second kappa shape index (κ2) is 6.29. The first-order chi connectivity index (χ1) is 8.72. The number of aromatic nitrogens is 3. The third-order valence-electron chi connectivity index (χ3n) is 3.61. The Morgan fingerprint density at radius 2 is 2.17 bits per heavy atom. The number of hydrogen-bond donors (Lipinski definition) is 2. The molecule has 1 aromatic heterocycles.